The maximum atomic E-state index is 15.0. The molecule has 2 nitrogen and oxygen atoms in total. The van der Waals surface area contributed by atoms with Gasteiger partial charge in [0, 0.05) is 22.3 Å². The van der Waals surface area contributed by atoms with Crippen molar-refractivity contribution < 1.29 is 61.5 Å². The minimum Gasteiger partial charge on any atom is -0.235 e. The van der Waals surface area contributed by atoms with Crippen LogP contribution in [0.5, 0.6) is 0 Å². The third-order valence-corrected chi connectivity index (χ3v) is 19.3. The van der Waals surface area contributed by atoms with E-state index in [1.165, 1.54) is 97.1 Å². The number of nitrogens with zero attached hydrogens (tertiary/aromatic N) is 2. The lowest BCUT2D eigenvalue weighted by molar-refractivity contribution is 0.509. The van der Waals surface area contributed by atoms with E-state index in [1.807, 2.05) is 60.7 Å². The smallest absolute Gasteiger partial charge is 0.222 e. The van der Waals surface area contributed by atoms with Crippen LogP contribution < -0.4 is 0 Å². The quantitative estimate of drug-likeness (QED) is 0.0273. The van der Waals surface area contributed by atoms with Crippen molar-refractivity contribution in [2.24, 2.45) is 0 Å². The highest BCUT2D eigenvalue weighted by Gasteiger charge is 2.21. The minimum absolute atomic E-state index is 0.0286. The molecule has 0 saturated carbocycles. The van der Waals surface area contributed by atoms with Crippen molar-refractivity contribution in [1.29, 1.82) is 5.26 Å². The van der Waals surface area contributed by atoms with Crippen molar-refractivity contribution in [3.05, 3.63) is 339 Å². The summed E-state index contributed by atoms with van der Waals surface area (Å²) in [5.41, 5.74) is 6.91. The van der Waals surface area contributed by atoms with Gasteiger partial charge in [-0.15, -0.1) is 0 Å². The van der Waals surface area contributed by atoms with Gasteiger partial charge in [-0.1, -0.05) is 192 Å². The summed E-state index contributed by atoms with van der Waals surface area (Å²) in [6.07, 6.45) is 17.9. The molecule has 0 atom stereocenters. The van der Waals surface area contributed by atoms with Gasteiger partial charge in [0.1, 0.15) is 64.2 Å². The van der Waals surface area contributed by atoms with Crippen molar-refractivity contribution in [2.45, 2.75) is 116 Å². The Kier molecular flexibility index (Phi) is 26.5. The first-order valence-corrected chi connectivity index (χ1v) is 35.8. The van der Waals surface area contributed by atoms with Crippen LogP contribution in [0, 0.1) is 99.3 Å². The van der Waals surface area contributed by atoms with Crippen LogP contribution in [-0.4, -0.2) is 0 Å². The van der Waals surface area contributed by atoms with E-state index in [0.29, 0.717) is 46.2 Å². The Bertz CT molecular complexity index is 4900. The molecule has 0 aliphatic carbocycles. The number of rotatable bonds is 28. The van der Waals surface area contributed by atoms with Crippen LogP contribution in [0.1, 0.15) is 118 Å². The van der Waals surface area contributed by atoms with Crippen LogP contribution >= 0.6 is 0 Å². The SMILES string of the molecule is Fc1ccc(-c2ccc(-c3ccc(CCCCCCCCCc4ccc(-c5ccc(-c6ccc(F)c(F)c6)c(F)c5)c(F)c4)cc3F)cc2F)cc1F.[C-]#[N+]c1ccc(-c2c(F)cc(-c3ccc(CCCCCCCCCc4ccc(-c5cc(F)c(-c6ccc(C#N)c(F)c6)c(F)c5)cc4)cc3)cc2F)cc1F. The summed E-state index contributed by atoms with van der Waals surface area (Å²) in [7, 11) is 0. The number of nitriles is 1. The molecule has 0 aliphatic rings. The summed E-state index contributed by atoms with van der Waals surface area (Å²) in [5, 5.41) is 8.92. The number of halogens is 14. The van der Waals surface area contributed by atoms with Gasteiger partial charge < -0.3 is 0 Å². The molecule has 0 aromatic heterocycles. The molecule has 12 aromatic carbocycles. The van der Waals surface area contributed by atoms with Gasteiger partial charge in [-0.25, -0.2) is 66.3 Å². The predicted octanol–water partition coefficient (Wildman–Crippen LogP) is 28.1. The van der Waals surface area contributed by atoms with E-state index in [-0.39, 0.29) is 66.9 Å². The molecular formula is C92H72F14N2. The van der Waals surface area contributed by atoms with Crippen LogP contribution in [-0.2, 0) is 25.7 Å². The Labute approximate surface area is 619 Å². The van der Waals surface area contributed by atoms with E-state index < -0.39 is 81.4 Å². The number of unbranched alkanes of at least 4 members (excludes halogenated alkanes) is 12. The van der Waals surface area contributed by atoms with Crippen molar-refractivity contribution in [3.63, 3.8) is 0 Å². The number of aryl methyl sites for hydroxylation is 4. The monoisotopic (exact) mass is 1470 g/mol. The fourth-order valence-corrected chi connectivity index (χ4v) is 13.4. The van der Waals surface area contributed by atoms with Gasteiger partial charge >= 0.3 is 0 Å². The predicted molar refractivity (Wildman–Crippen MR) is 399 cm³/mol. The van der Waals surface area contributed by atoms with E-state index >= 15 is 8.78 Å². The molecule has 0 heterocycles. The standard InChI is InChI=1S/C47H36F6N2.C45H36F8/c1-55-45-22-21-35(24-40(45)49)47-43(52)27-38(28-44(47)53)33-17-13-31(14-18-33)10-8-6-4-2-3-5-7-9-30-11-15-32(16-12-30)37-25-41(50)46(42(51)26-37)34-19-20-36(29-54)39(48)23-34;46-38-20-14-32(26-44(38)52)36-18-12-30(24-42(36)50)34-16-10-28(22-40(34)48)8-6-4-2-1-3-5-7-9-29-11-17-35(41(49)23-29)31-13-19-37(43(51)25-31)33-15-21-39(47)45(53)27-33/h11-28H,2-10H2;10-27H,1-9H2. The van der Waals surface area contributed by atoms with Crippen LogP contribution in [0.3, 0.4) is 0 Å². The topological polar surface area (TPSA) is 28.1 Å². The molecule has 548 valence electrons. The largest absolute Gasteiger partial charge is 0.235 e. The van der Waals surface area contributed by atoms with Gasteiger partial charge in [0.05, 0.1) is 23.3 Å². The third-order valence-electron chi connectivity index (χ3n) is 19.3. The highest BCUT2D eigenvalue weighted by molar-refractivity contribution is 5.77. The fraction of sp³-hybridized carbons (Fsp3) is 0.196. The first-order valence-electron chi connectivity index (χ1n) is 35.8. The molecular weight excluding hydrogens is 1400 g/mol. The van der Waals surface area contributed by atoms with Crippen LogP contribution in [0.4, 0.5) is 67.2 Å². The van der Waals surface area contributed by atoms with Gasteiger partial charge in [-0.05, 0) is 220 Å². The van der Waals surface area contributed by atoms with Crippen LogP contribution in [0.15, 0.2) is 218 Å². The van der Waals surface area contributed by atoms with Crippen molar-refractivity contribution in [1.82, 2.24) is 0 Å². The Hall–Kier alpha value is -11.4. The first-order chi connectivity index (χ1) is 52.2. The van der Waals surface area contributed by atoms with Crippen LogP contribution in [0.2, 0.25) is 0 Å². The molecule has 12 rings (SSSR count). The number of hydrogen-bond donors (Lipinski definition) is 0. The van der Waals surface area contributed by atoms with Gasteiger partial charge in [0.2, 0.25) is 5.69 Å². The van der Waals surface area contributed by atoms with Crippen LogP contribution in [0.25, 0.3) is 93.9 Å². The molecule has 0 bridgehead atoms. The summed E-state index contributed by atoms with van der Waals surface area (Å²) in [4.78, 5) is 3.05. The van der Waals surface area contributed by atoms with Gasteiger partial charge in [0.15, 0.2) is 23.3 Å². The molecule has 12 aromatic rings. The second-order valence-corrected chi connectivity index (χ2v) is 26.8. The third kappa shape index (κ3) is 19.8. The maximum absolute atomic E-state index is 15.0. The Morgan fingerprint density at radius 2 is 0.491 bits per heavy atom. The number of benzene rings is 12. The zero-order chi connectivity index (χ0) is 76.4. The molecule has 0 radical (unpaired) electrons. The summed E-state index contributed by atoms with van der Waals surface area (Å²) in [6.45, 7) is 6.96. The second kappa shape index (κ2) is 36.8. The van der Waals surface area contributed by atoms with E-state index in [1.54, 1.807) is 30.3 Å². The summed E-state index contributed by atoms with van der Waals surface area (Å²) < 4.78 is 202. The van der Waals surface area contributed by atoms with E-state index in [9.17, 15) is 52.7 Å². The molecule has 0 unspecified atom stereocenters. The zero-order valence-corrected chi connectivity index (χ0v) is 58.7. The Balaban J connectivity index is 0.000000215. The summed E-state index contributed by atoms with van der Waals surface area (Å²) in [5.74, 6) is -11.3. The van der Waals surface area contributed by atoms with Crippen molar-refractivity contribution in [2.75, 3.05) is 0 Å². The van der Waals surface area contributed by atoms with Gasteiger partial charge in [-0.2, -0.15) is 5.26 Å². The first kappa shape index (κ1) is 77.7. The normalized spacial score (nSPS) is 11.1. The molecule has 0 N–H and O–H groups in total. The lowest BCUT2D eigenvalue weighted by Gasteiger charge is -2.10. The molecule has 108 heavy (non-hydrogen) atoms. The average Bonchev–Trinajstić information content (AvgIpc) is 0.773. The Morgan fingerprint density at radius 3 is 0.815 bits per heavy atom. The average molecular weight is 1470 g/mol. The summed E-state index contributed by atoms with van der Waals surface area (Å²) in [6, 6.07) is 53.5. The fourth-order valence-electron chi connectivity index (χ4n) is 13.4. The molecule has 0 aliphatic heterocycles. The molecule has 0 amide bonds. The van der Waals surface area contributed by atoms with Crippen molar-refractivity contribution >= 4 is 5.69 Å². The van der Waals surface area contributed by atoms with E-state index in [2.05, 4.69) is 4.85 Å². The van der Waals surface area contributed by atoms with E-state index in [0.717, 1.165) is 161 Å². The lowest BCUT2D eigenvalue weighted by atomic mass is 9.96. The highest BCUT2D eigenvalue weighted by Crippen LogP contribution is 2.38. The van der Waals surface area contributed by atoms with Gasteiger partial charge in [-0.3, -0.25) is 0 Å². The zero-order valence-electron chi connectivity index (χ0n) is 58.7. The van der Waals surface area contributed by atoms with E-state index in [4.69, 9.17) is 11.8 Å². The molecule has 0 spiro atoms. The van der Waals surface area contributed by atoms with Crippen molar-refractivity contribution in [3.8, 4) is 95.1 Å². The Morgan fingerprint density at radius 1 is 0.222 bits per heavy atom. The number of hydrogen-bond acceptors (Lipinski definition) is 1. The highest BCUT2D eigenvalue weighted by atomic mass is 19.2. The lowest BCUT2D eigenvalue weighted by Crippen LogP contribution is -1.94. The molecule has 0 fully saturated rings. The van der Waals surface area contributed by atoms with Gasteiger partial charge in [0.25, 0.3) is 0 Å². The maximum Gasteiger partial charge on any atom is 0.222 e. The molecule has 0 saturated heterocycles. The summed E-state index contributed by atoms with van der Waals surface area (Å²) >= 11 is 0. The minimum atomic E-state index is -1.07. The second-order valence-electron chi connectivity index (χ2n) is 26.8. The molecule has 16 heteroatoms.